The van der Waals surface area contributed by atoms with E-state index < -0.39 is 41.1 Å². The third kappa shape index (κ3) is 2.26. The molecule has 1 aromatic carbocycles. The number of phenols is 1. The Bertz CT molecular complexity index is 397. The van der Waals surface area contributed by atoms with Crippen LogP contribution in [0.3, 0.4) is 0 Å². The Morgan fingerprint density at radius 1 is 1.19 bits per heavy atom. The smallest absolute Gasteiger partial charge is 0.335 e. The molecule has 1 aromatic rings. The number of carboxylic acids is 1. The number of carbonyl (C=O) groups is 1. The van der Waals surface area contributed by atoms with Gasteiger partial charge in [-0.05, 0) is 17.7 Å². The van der Waals surface area contributed by atoms with E-state index in [4.69, 9.17) is 15.3 Å². The summed E-state index contributed by atoms with van der Waals surface area (Å²) < 4.78 is 25.7. The molecule has 2 unspecified atom stereocenters. The standard InChI is InChI=1S/C9H8F2O5/c10-4-1-3(2-5(11)7(4)13)6(12)8(14)9(15)16/h1-2,6,8,12-14H,(H,15,16). The van der Waals surface area contributed by atoms with Gasteiger partial charge in [0.2, 0.25) is 0 Å². The number of aliphatic carboxylic acids is 1. The predicted octanol–water partition coefficient (Wildman–Crippen LogP) is 0.149. The van der Waals surface area contributed by atoms with Crippen molar-refractivity contribution >= 4 is 5.97 Å². The minimum Gasteiger partial charge on any atom is -0.503 e. The van der Waals surface area contributed by atoms with Crippen LogP contribution in [0.25, 0.3) is 0 Å². The lowest BCUT2D eigenvalue weighted by Crippen LogP contribution is -2.27. The Hall–Kier alpha value is -1.73. The number of phenolic OH excluding ortho intramolecular Hbond substituents is 1. The Morgan fingerprint density at radius 2 is 1.62 bits per heavy atom. The number of benzene rings is 1. The Morgan fingerprint density at radius 3 is 2.00 bits per heavy atom. The first kappa shape index (κ1) is 12.3. The average molecular weight is 234 g/mol. The Labute approximate surface area is 88.2 Å². The summed E-state index contributed by atoms with van der Waals surface area (Å²) in [7, 11) is 0. The molecule has 1 rings (SSSR count). The molecule has 0 aliphatic rings. The number of halogens is 2. The van der Waals surface area contributed by atoms with Crippen molar-refractivity contribution in [1.29, 1.82) is 0 Å². The van der Waals surface area contributed by atoms with Gasteiger partial charge in [-0.15, -0.1) is 0 Å². The van der Waals surface area contributed by atoms with Crippen LogP contribution in [0.5, 0.6) is 5.75 Å². The molecule has 0 saturated carbocycles. The monoisotopic (exact) mass is 234 g/mol. The van der Waals surface area contributed by atoms with Gasteiger partial charge in [0.25, 0.3) is 0 Å². The fourth-order valence-corrected chi connectivity index (χ4v) is 1.07. The maximum atomic E-state index is 12.8. The summed E-state index contributed by atoms with van der Waals surface area (Å²) in [6, 6.07) is 1.07. The van der Waals surface area contributed by atoms with Crippen LogP contribution < -0.4 is 0 Å². The Kier molecular flexibility index (Phi) is 3.41. The summed E-state index contributed by atoms with van der Waals surface area (Å²) in [6.45, 7) is 0. The summed E-state index contributed by atoms with van der Waals surface area (Å²) in [4.78, 5) is 10.3. The molecule has 0 aliphatic heterocycles. The quantitative estimate of drug-likeness (QED) is 0.596. The van der Waals surface area contributed by atoms with E-state index in [2.05, 4.69) is 0 Å². The zero-order valence-corrected chi connectivity index (χ0v) is 7.76. The molecule has 0 saturated heterocycles. The van der Waals surface area contributed by atoms with Gasteiger partial charge >= 0.3 is 5.97 Å². The first-order chi connectivity index (χ1) is 7.34. The third-order valence-corrected chi connectivity index (χ3v) is 1.93. The Balaban J connectivity index is 3.10. The van der Waals surface area contributed by atoms with Crippen molar-refractivity contribution in [2.24, 2.45) is 0 Å². The van der Waals surface area contributed by atoms with Crippen molar-refractivity contribution in [3.8, 4) is 5.75 Å². The van der Waals surface area contributed by atoms with Crippen molar-refractivity contribution in [2.45, 2.75) is 12.2 Å². The van der Waals surface area contributed by atoms with Crippen LogP contribution in [-0.4, -0.2) is 32.5 Å². The lowest BCUT2D eigenvalue weighted by Gasteiger charge is -2.14. The molecule has 2 atom stereocenters. The maximum absolute atomic E-state index is 12.8. The summed E-state index contributed by atoms with van der Waals surface area (Å²) in [5, 5.41) is 35.3. The topological polar surface area (TPSA) is 98.0 Å². The molecule has 0 heterocycles. The molecular formula is C9H8F2O5. The predicted molar refractivity (Wildman–Crippen MR) is 46.6 cm³/mol. The van der Waals surface area contributed by atoms with Gasteiger partial charge < -0.3 is 20.4 Å². The molecular weight excluding hydrogens is 226 g/mol. The van der Waals surface area contributed by atoms with Gasteiger partial charge in [-0.2, -0.15) is 0 Å². The zero-order chi connectivity index (χ0) is 12.5. The summed E-state index contributed by atoms with van der Waals surface area (Å²) >= 11 is 0. The molecule has 88 valence electrons. The first-order valence-corrected chi connectivity index (χ1v) is 4.11. The van der Waals surface area contributed by atoms with Crippen molar-refractivity contribution in [3.63, 3.8) is 0 Å². The highest BCUT2D eigenvalue weighted by Crippen LogP contribution is 2.26. The van der Waals surface area contributed by atoms with Crippen LogP contribution in [0.2, 0.25) is 0 Å². The van der Waals surface area contributed by atoms with Crippen molar-refractivity contribution in [2.75, 3.05) is 0 Å². The average Bonchev–Trinajstić information content (AvgIpc) is 2.22. The van der Waals surface area contributed by atoms with Gasteiger partial charge in [0.1, 0.15) is 6.10 Å². The second kappa shape index (κ2) is 4.42. The molecule has 4 N–H and O–H groups in total. The molecule has 0 aromatic heterocycles. The highest BCUT2D eigenvalue weighted by atomic mass is 19.1. The SMILES string of the molecule is O=C(O)C(O)C(O)c1cc(F)c(O)c(F)c1. The van der Waals surface area contributed by atoms with Crippen molar-refractivity contribution in [3.05, 3.63) is 29.3 Å². The molecule has 0 radical (unpaired) electrons. The molecule has 0 bridgehead atoms. The van der Waals surface area contributed by atoms with Crippen molar-refractivity contribution in [1.82, 2.24) is 0 Å². The molecule has 0 aliphatic carbocycles. The fraction of sp³-hybridized carbons (Fsp3) is 0.222. The van der Waals surface area contributed by atoms with Gasteiger partial charge in [0, 0.05) is 0 Å². The number of aliphatic hydroxyl groups excluding tert-OH is 2. The van der Waals surface area contributed by atoms with Crippen LogP contribution in [0, 0.1) is 11.6 Å². The molecule has 0 amide bonds. The number of carboxylic acid groups (broad SMARTS) is 1. The molecule has 0 spiro atoms. The van der Waals surface area contributed by atoms with E-state index in [-0.39, 0.29) is 0 Å². The van der Waals surface area contributed by atoms with E-state index in [1.54, 1.807) is 0 Å². The van der Waals surface area contributed by atoms with E-state index >= 15 is 0 Å². The van der Waals surface area contributed by atoms with E-state index in [0.717, 1.165) is 0 Å². The van der Waals surface area contributed by atoms with E-state index in [0.29, 0.717) is 12.1 Å². The van der Waals surface area contributed by atoms with Gasteiger partial charge in [-0.25, -0.2) is 13.6 Å². The molecule has 5 nitrogen and oxygen atoms in total. The van der Waals surface area contributed by atoms with E-state index in [9.17, 15) is 18.7 Å². The van der Waals surface area contributed by atoms with Crippen LogP contribution >= 0.6 is 0 Å². The lowest BCUT2D eigenvalue weighted by molar-refractivity contribution is -0.153. The number of aromatic hydroxyl groups is 1. The summed E-state index contributed by atoms with van der Waals surface area (Å²) in [6.07, 6.45) is -4.19. The van der Waals surface area contributed by atoms with Crippen LogP contribution in [0.4, 0.5) is 8.78 Å². The third-order valence-electron chi connectivity index (χ3n) is 1.93. The number of hydrogen-bond acceptors (Lipinski definition) is 4. The summed E-state index contributed by atoms with van der Waals surface area (Å²) in [5.74, 6) is -5.68. The molecule has 16 heavy (non-hydrogen) atoms. The zero-order valence-electron chi connectivity index (χ0n) is 7.76. The normalized spacial score (nSPS) is 14.5. The minimum atomic E-state index is -2.21. The van der Waals surface area contributed by atoms with Crippen LogP contribution in [0.15, 0.2) is 12.1 Å². The van der Waals surface area contributed by atoms with Gasteiger partial charge in [-0.3, -0.25) is 0 Å². The molecule has 7 heteroatoms. The van der Waals surface area contributed by atoms with Gasteiger partial charge in [0.15, 0.2) is 23.5 Å². The summed E-state index contributed by atoms with van der Waals surface area (Å²) in [5.41, 5.74) is -0.484. The number of hydrogen-bond donors (Lipinski definition) is 4. The van der Waals surface area contributed by atoms with E-state index in [1.807, 2.05) is 0 Å². The largest absolute Gasteiger partial charge is 0.503 e. The number of aliphatic hydroxyl groups is 2. The van der Waals surface area contributed by atoms with E-state index in [1.165, 1.54) is 0 Å². The van der Waals surface area contributed by atoms with Crippen LogP contribution in [0.1, 0.15) is 11.7 Å². The van der Waals surface area contributed by atoms with Crippen LogP contribution in [-0.2, 0) is 4.79 Å². The maximum Gasteiger partial charge on any atom is 0.335 e. The molecule has 0 fully saturated rings. The lowest BCUT2D eigenvalue weighted by atomic mass is 10.0. The fourth-order valence-electron chi connectivity index (χ4n) is 1.07. The highest BCUT2D eigenvalue weighted by Gasteiger charge is 2.26. The second-order valence-corrected chi connectivity index (χ2v) is 3.06. The van der Waals surface area contributed by atoms with Gasteiger partial charge in [-0.1, -0.05) is 0 Å². The van der Waals surface area contributed by atoms with Gasteiger partial charge in [0.05, 0.1) is 0 Å². The second-order valence-electron chi connectivity index (χ2n) is 3.06. The highest BCUT2D eigenvalue weighted by molar-refractivity contribution is 5.73. The van der Waals surface area contributed by atoms with Crippen molar-refractivity contribution < 1.29 is 34.0 Å². The minimum absolute atomic E-state index is 0.484. The first-order valence-electron chi connectivity index (χ1n) is 4.11. The number of rotatable bonds is 3.